The molecular weight excluding hydrogens is 1410 g/mol. The molecule has 38 heteroatoms. The molecule has 2 aromatic carbocycles. The van der Waals surface area contributed by atoms with Gasteiger partial charge in [0.15, 0.2) is 0 Å². The first kappa shape index (κ1) is 80.9. The highest BCUT2D eigenvalue weighted by molar-refractivity contribution is 8.77. The summed E-state index contributed by atoms with van der Waals surface area (Å²) in [5.74, 6) is 11.4. The molecule has 5 atom stereocenters. The standard InChI is InChI=1S/C59H83N8O23P3S4/c1-8-61-46-31-48-44(28-38(46)4)53(45-29-39(5)47(62-9-2)32-49(45)86-48)43-30-40(15-16-42(43)56(70)88-60)54(68)63-19-24-79-26-27-80-25-20-65-84-23-17-59(6,7)97-96-36-81-21-11-12-22-82-58(72)64-18-13-14-41-34-67(57(71)66-55(41)69)52-33-50(83-37-95-94-10-3)51(87-52)35-85-93(77,78)90-91(73)89-92(74,75)76/h15-16,28-32,34,50-52,61,65,91H,8-12,17-27,33,35-37,60H2,1-7H3,(H,63,68)(H,64,72)(H,77,78)(H,66,69,71)(H2,74,75,76)/b62-47-/t50-,51+,52+/m0/s1. The van der Waals surface area contributed by atoms with Crippen LogP contribution in [0.5, 0.6) is 0 Å². The summed E-state index contributed by atoms with van der Waals surface area (Å²) in [6, 6.07) is 12.5. The zero-order chi connectivity index (χ0) is 70.5. The van der Waals surface area contributed by atoms with Gasteiger partial charge in [0.2, 0.25) is 0 Å². The number of nitrogens with one attached hydrogen (secondary N) is 5. The fourth-order valence-electron chi connectivity index (χ4n) is 9.27. The number of carbonyl (C=O) groups excluding carboxylic acids is 3. The zero-order valence-corrected chi connectivity index (χ0v) is 60.6. The number of phosphoric acid groups is 2. The van der Waals surface area contributed by atoms with E-state index in [1.165, 1.54) is 27.7 Å². The Kier molecular flexibility index (Phi) is 34.2. The quantitative estimate of drug-likeness (QED) is 0.00339. The summed E-state index contributed by atoms with van der Waals surface area (Å²) in [5.41, 5.74) is 6.73. The van der Waals surface area contributed by atoms with E-state index in [-0.39, 0.29) is 60.4 Å². The van der Waals surface area contributed by atoms with Crippen molar-refractivity contribution in [3.63, 3.8) is 0 Å². The molecule has 3 aromatic rings. The van der Waals surface area contributed by atoms with Crippen molar-refractivity contribution < 1.29 is 98.4 Å². The van der Waals surface area contributed by atoms with E-state index in [4.69, 9.17) is 62.7 Å². The maximum atomic E-state index is 13.6. The first-order valence-corrected chi connectivity index (χ1v) is 39.6. The van der Waals surface area contributed by atoms with E-state index >= 15 is 0 Å². The second kappa shape index (κ2) is 41.0. The lowest BCUT2D eigenvalue weighted by molar-refractivity contribution is -0.0541. The Morgan fingerprint density at radius 2 is 1.65 bits per heavy atom. The third kappa shape index (κ3) is 27.1. The van der Waals surface area contributed by atoms with E-state index in [9.17, 15) is 42.6 Å². The molecule has 0 spiro atoms. The van der Waals surface area contributed by atoms with Gasteiger partial charge in [-0.25, -0.2) is 37.6 Å². The first-order chi connectivity index (χ1) is 46.4. The number of H-pyrrole nitrogens is 1. The summed E-state index contributed by atoms with van der Waals surface area (Å²) in [6.07, 6.45) is -0.816. The van der Waals surface area contributed by atoms with Crippen LogP contribution in [0.4, 0.5) is 10.5 Å². The average Bonchev–Trinajstić information content (AvgIpc) is 1.23. The number of aromatic amines is 1. The Morgan fingerprint density at radius 3 is 2.38 bits per heavy atom. The molecule has 1 fully saturated rings. The topological polar surface area (TPSA) is 419 Å². The van der Waals surface area contributed by atoms with E-state index < -0.39 is 72.3 Å². The van der Waals surface area contributed by atoms with Gasteiger partial charge in [-0.1, -0.05) is 61.9 Å². The number of alkyl carbamates (subject to hydrolysis) is 1. The number of fused-ring (bicyclic) bond motifs is 2. The van der Waals surface area contributed by atoms with Crippen LogP contribution in [-0.4, -0.2) is 162 Å². The molecule has 536 valence electrons. The van der Waals surface area contributed by atoms with Gasteiger partial charge < -0.3 is 73.1 Å². The molecule has 97 heavy (non-hydrogen) atoms. The number of hydrogen-bond donors (Lipinski definition) is 9. The van der Waals surface area contributed by atoms with Gasteiger partial charge in [0.05, 0.1) is 69.8 Å². The predicted molar refractivity (Wildman–Crippen MR) is 370 cm³/mol. The second-order valence-electron chi connectivity index (χ2n) is 21.5. The molecule has 1 saturated heterocycles. The SMILES string of the molecule is CC/N=c1/cc2oc3cc(NCC)c(C)cc3c(-c3cc(C(=O)NCCOCCOCCNOCCC(C)(C)SSCOCCCCOC(=O)NCC#Cc4cn([C@H]5C[C@H](OCSSCC)[C@@H](COP(=O)(O)O[PH](=O)OP(=O)(O)O)O5)c(=O)[nH]c4=O)ccc3C(=O)ON)c-2cc1C. The molecule has 1 aliphatic carbocycles. The Morgan fingerprint density at radius 1 is 0.887 bits per heavy atom. The molecule has 6 rings (SSSR count). The summed E-state index contributed by atoms with van der Waals surface area (Å²) in [7, 11) is -8.60. The minimum absolute atomic E-state index is 0.0211. The number of aryl methyl sites for hydroxylation is 2. The van der Waals surface area contributed by atoms with Gasteiger partial charge in [0.25, 0.3) is 11.5 Å². The minimum Gasteiger partial charge on any atom is -0.456 e. The second-order valence-corrected chi connectivity index (χ2v) is 31.3. The number of nitrogens with zero attached hydrogens (tertiary/aromatic N) is 2. The maximum absolute atomic E-state index is 13.6. The Bertz CT molecular complexity index is 3790. The van der Waals surface area contributed by atoms with Crippen molar-refractivity contribution in [2.75, 3.05) is 109 Å². The molecule has 2 amide bonds. The van der Waals surface area contributed by atoms with Crippen molar-refractivity contribution in [3.8, 4) is 34.3 Å². The van der Waals surface area contributed by atoms with Crippen LogP contribution in [0.3, 0.4) is 0 Å². The van der Waals surface area contributed by atoms with Gasteiger partial charge in [-0.3, -0.25) is 33.2 Å². The first-order valence-electron chi connectivity index (χ1n) is 30.6. The van der Waals surface area contributed by atoms with Crippen LogP contribution >= 0.6 is 67.1 Å². The van der Waals surface area contributed by atoms with E-state index in [1.807, 2.05) is 58.9 Å². The van der Waals surface area contributed by atoms with Gasteiger partial charge in [0.1, 0.15) is 41.1 Å². The lowest BCUT2D eigenvalue weighted by Crippen LogP contribution is -2.34. The predicted octanol–water partition coefficient (Wildman–Crippen LogP) is 8.08. The third-order valence-corrected chi connectivity index (χ3v) is 22.5. The molecule has 2 aliphatic heterocycles. The van der Waals surface area contributed by atoms with Crippen LogP contribution in [0.25, 0.3) is 33.4 Å². The number of hydroxylamine groups is 1. The molecule has 3 aliphatic rings. The van der Waals surface area contributed by atoms with Crippen molar-refractivity contribution in [2.45, 2.75) is 97.3 Å². The van der Waals surface area contributed by atoms with E-state index in [2.05, 4.69) is 65.7 Å². The number of ether oxygens (including phenoxy) is 6. The van der Waals surface area contributed by atoms with Gasteiger partial charge >= 0.3 is 41.7 Å². The summed E-state index contributed by atoms with van der Waals surface area (Å²) < 4.78 is 89.3. The van der Waals surface area contributed by atoms with Crippen molar-refractivity contribution >= 4 is 102 Å². The molecule has 0 radical (unpaired) electrons. The molecular formula is C59H83N8O23P3S4. The number of carbonyl (C=O) groups is 3. The average molecular weight is 1490 g/mol. The van der Waals surface area contributed by atoms with Crippen molar-refractivity contribution in [1.82, 2.24) is 25.7 Å². The summed E-state index contributed by atoms with van der Waals surface area (Å²) >= 11 is 0. The number of benzene rings is 3. The molecule has 10 N–H and O–H groups in total. The highest BCUT2D eigenvalue weighted by Crippen LogP contribution is 2.58. The van der Waals surface area contributed by atoms with Crippen LogP contribution in [0.15, 0.2) is 67.7 Å². The van der Waals surface area contributed by atoms with Gasteiger partial charge in [-0.15, -0.1) is 0 Å². The number of amides is 2. The Balaban J connectivity index is 0.802. The molecule has 1 aromatic heterocycles. The highest BCUT2D eigenvalue weighted by atomic mass is 33.1. The van der Waals surface area contributed by atoms with E-state index in [0.717, 1.165) is 56.1 Å². The van der Waals surface area contributed by atoms with E-state index in [0.29, 0.717) is 99.5 Å². The number of hydrogen-bond acceptors (Lipinski definition) is 28. The van der Waals surface area contributed by atoms with Crippen molar-refractivity contribution in [2.24, 2.45) is 10.9 Å². The number of nitrogens with two attached hydrogens (primary N) is 1. The van der Waals surface area contributed by atoms with Crippen molar-refractivity contribution in [3.05, 3.63) is 103 Å². The Hall–Kier alpha value is -5.09. The normalized spacial score (nSPS) is 16.0. The third-order valence-electron chi connectivity index (χ3n) is 13.8. The lowest BCUT2D eigenvalue weighted by Gasteiger charge is -2.22. The summed E-state index contributed by atoms with van der Waals surface area (Å²) in [4.78, 5) is 109. The van der Waals surface area contributed by atoms with Gasteiger partial charge in [-0.2, -0.15) is 5.90 Å². The monoisotopic (exact) mass is 1490 g/mol. The summed E-state index contributed by atoms with van der Waals surface area (Å²) in [5, 5.41) is 10.3. The minimum atomic E-state index is -5.32. The number of anilines is 1. The summed E-state index contributed by atoms with van der Waals surface area (Å²) in [6.45, 7) is 17.4. The molecule has 0 saturated carbocycles. The van der Waals surface area contributed by atoms with Crippen LogP contribution in [-0.2, 0) is 64.9 Å². The molecule has 3 heterocycles. The van der Waals surface area contributed by atoms with Crippen LogP contribution in [0, 0.1) is 25.7 Å². The fraction of sp³-hybridized carbons (Fsp3) is 0.525. The molecule has 2 unspecified atom stereocenters. The number of phosphoric ester groups is 1. The Labute approximate surface area is 576 Å². The van der Waals surface area contributed by atoms with Gasteiger partial charge in [0, 0.05) is 95.8 Å². The number of aromatic nitrogens is 2. The number of unbranched alkanes of at least 4 members (excludes halogenated alkanes) is 1. The van der Waals surface area contributed by atoms with Gasteiger partial charge in [-0.05, 0) is 108 Å². The lowest BCUT2D eigenvalue weighted by atomic mass is 9.88. The molecule has 31 nitrogen and oxygen atoms in total. The zero-order valence-electron chi connectivity index (χ0n) is 54.5. The molecule has 0 bridgehead atoms. The van der Waals surface area contributed by atoms with Crippen LogP contribution in [0.1, 0.15) is 104 Å². The van der Waals surface area contributed by atoms with E-state index in [1.54, 1.807) is 33.7 Å². The fourth-order valence-corrected chi connectivity index (χ4v) is 15.4. The maximum Gasteiger partial charge on any atom is 0.479 e. The van der Waals surface area contributed by atoms with Crippen molar-refractivity contribution in [1.29, 1.82) is 0 Å². The van der Waals surface area contributed by atoms with Crippen LogP contribution in [0.2, 0.25) is 0 Å². The number of rotatable bonds is 42. The largest absolute Gasteiger partial charge is 0.479 e. The smallest absolute Gasteiger partial charge is 0.456 e. The highest BCUT2D eigenvalue weighted by Gasteiger charge is 2.40. The van der Waals surface area contributed by atoms with Crippen LogP contribution < -0.4 is 43.9 Å².